The van der Waals surface area contributed by atoms with Crippen molar-refractivity contribution in [3.8, 4) is 0 Å². The number of nitrogens with one attached hydrogen (secondary N) is 1. The molecule has 0 fully saturated rings. The minimum Gasteiger partial charge on any atom is -0.338 e. The van der Waals surface area contributed by atoms with Crippen LogP contribution >= 0.6 is 0 Å². The first-order valence-electron chi connectivity index (χ1n) is 7.72. The third-order valence-corrected chi connectivity index (χ3v) is 4.66. The molecule has 1 N–H and O–H groups in total. The molecule has 0 saturated carbocycles. The molecular formula is C17H23N3O. The van der Waals surface area contributed by atoms with Gasteiger partial charge in [0.1, 0.15) is 0 Å². The maximum absolute atomic E-state index is 5.62. The van der Waals surface area contributed by atoms with Crippen molar-refractivity contribution in [3.05, 3.63) is 47.1 Å². The minimum atomic E-state index is -0.150. The van der Waals surface area contributed by atoms with Crippen LogP contribution in [0.15, 0.2) is 28.8 Å². The van der Waals surface area contributed by atoms with E-state index >= 15 is 0 Å². The van der Waals surface area contributed by atoms with Crippen LogP contribution in [0.3, 0.4) is 0 Å². The molecule has 1 aromatic carbocycles. The lowest BCUT2D eigenvalue weighted by molar-refractivity contribution is 0.297. The molecule has 0 saturated heterocycles. The molecule has 1 aliphatic rings. The van der Waals surface area contributed by atoms with E-state index in [1.165, 1.54) is 11.1 Å². The van der Waals surface area contributed by atoms with Gasteiger partial charge in [0, 0.05) is 12.5 Å². The third-order valence-electron chi connectivity index (χ3n) is 4.66. The van der Waals surface area contributed by atoms with Gasteiger partial charge in [-0.05, 0) is 51.3 Å². The number of benzene rings is 1. The van der Waals surface area contributed by atoms with E-state index < -0.39 is 0 Å². The van der Waals surface area contributed by atoms with Gasteiger partial charge in [-0.1, -0.05) is 29.4 Å². The SMILES string of the molecule is CNC(C)Cc1noc(C2(C)CCCc3ccccc32)n1. The fraction of sp³-hybridized carbons (Fsp3) is 0.529. The molecule has 2 atom stereocenters. The monoisotopic (exact) mass is 285 g/mol. The van der Waals surface area contributed by atoms with Gasteiger partial charge < -0.3 is 9.84 Å². The van der Waals surface area contributed by atoms with E-state index in [1.54, 1.807) is 0 Å². The summed E-state index contributed by atoms with van der Waals surface area (Å²) in [6.07, 6.45) is 4.16. The Labute approximate surface area is 126 Å². The van der Waals surface area contributed by atoms with Gasteiger partial charge in [-0.2, -0.15) is 4.98 Å². The highest BCUT2D eigenvalue weighted by Gasteiger charge is 2.38. The zero-order chi connectivity index (χ0) is 14.9. The molecule has 4 nitrogen and oxygen atoms in total. The number of fused-ring (bicyclic) bond motifs is 1. The summed E-state index contributed by atoms with van der Waals surface area (Å²) in [5, 5.41) is 7.38. The van der Waals surface area contributed by atoms with Crippen molar-refractivity contribution < 1.29 is 4.52 Å². The molecule has 2 unspecified atom stereocenters. The van der Waals surface area contributed by atoms with Crippen molar-refractivity contribution in [2.45, 2.75) is 51.0 Å². The number of rotatable bonds is 4. The molecule has 1 aliphatic carbocycles. The highest BCUT2D eigenvalue weighted by Crippen LogP contribution is 2.41. The Morgan fingerprint density at radius 3 is 3.00 bits per heavy atom. The van der Waals surface area contributed by atoms with Crippen molar-refractivity contribution in [1.82, 2.24) is 15.5 Å². The Bertz CT molecular complexity index is 622. The van der Waals surface area contributed by atoms with E-state index in [1.807, 2.05) is 7.05 Å². The molecule has 112 valence electrons. The van der Waals surface area contributed by atoms with Crippen molar-refractivity contribution in [2.75, 3.05) is 7.05 Å². The van der Waals surface area contributed by atoms with Gasteiger partial charge in [0.25, 0.3) is 0 Å². The number of hydrogen-bond donors (Lipinski definition) is 1. The largest absolute Gasteiger partial charge is 0.338 e. The topological polar surface area (TPSA) is 51.0 Å². The predicted molar refractivity (Wildman–Crippen MR) is 82.4 cm³/mol. The van der Waals surface area contributed by atoms with Gasteiger partial charge in [-0.15, -0.1) is 0 Å². The second-order valence-corrected chi connectivity index (χ2v) is 6.25. The molecule has 0 radical (unpaired) electrons. The summed E-state index contributed by atoms with van der Waals surface area (Å²) in [5.41, 5.74) is 2.60. The van der Waals surface area contributed by atoms with E-state index in [2.05, 4.69) is 53.6 Å². The van der Waals surface area contributed by atoms with E-state index in [9.17, 15) is 0 Å². The first kappa shape index (κ1) is 14.3. The summed E-state index contributed by atoms with van der Waals surface area (Å²) in [6.45, 7) is 4.34. The normalized spacial score (nSPS) is 22.8. The average molecular weight is 285 g/mol. The van der Waals surface area contributed by atoms with Gasteiger partial charge in [0.05, 0.1) is 5.41 Å². The number of nitrogens with zero attached hydrogens (tertiary/aromatic N) is 2. The summed E-state index contributed by atoms with van der Waals surface area (Å²) in [5.74, 6) is 1.55. The van der Waals surface area contributed by atoms with Crippen molar-refractivity contribution >= 4 is 0 Å². The fourth-order valence-corrected chi connectivity index (χ4v) is 3.20. The van der Waals surface area contributed by atoms with E-state index in [4.69, 9.17) is 4.52 Å². The van der Waals surface area contributed by atoms with Gasteiger partial charge in [0.15, 0.2) is 5.82 Å². The second-order valence-electron chi connectivity index (χ2n) is 6.25. The molecule has 1 heterocycles. The van der Waals surface area contributed by atoms with Crippen LogP contribution in [0.25, 0.3) is 0 Å². The van der Waals surface area contributed by atoms with Gasteiger partial charge in [0.2, 0.25) is 5.89 Å². The Balaban J connectivity index is 1.93. The van der Waals surface area contributed by atoms with Crippen LogP contribution in [0, 0.1) is 0 Å². The lowest BCUT2D eigenvalue weighted by atomic mass is 9.71. The maximum atomic E-state index is 5.62. The average Bonchev–Trinajstić information content (AvgIpc) is 2.97. The van der Waals surface area contributed by atoms with Crippen LogP contribution in [-0.2, 0) is 18.3 Å². The van der Waals surface area contributed by atoms with Gasteiger partial charge in [-0.25, -0.2) is 0 Å². The molecule has 0 bridgehead atoms. The molecule has 1 aromatic heterocycles. The second kappa shape index (κ2) is 5.60. The van der Waals surface area contributed by atoms with Crippen LogP contribution < -0.4 is 5.32 Å². The first-order chi connectivity index (χ1) is 10.1. The molecular weight excluding hydrogens is 262 g/mol. The lowest BCUT2D eigenvalue weighted by Crippen LogP contribution is -2.29. The van der Waals surface area contributed by atoms with E-state index in [0.29, 0.717) is 6.04 Å². The number of hydrogen-bond acceptors (Lipinski definition) is 4. The van der Waals surface area contributed by atoms with E-state index in [0.717, 1.165) is 37.4 Å². The van der Waals surface area contributed by atoms with Crippen molar-refractivity contribution in [2.24, 2.45) is 0 Å². The van der Waals surface area contributed by atoms with Gasteiger partial charge >= 0.3 is 0 Å². The molecule has 21 heavy (non-hydrogen) atoms. The van der Waals surface area contributed by atoms with Crippen LogP contribution in [0.5, 0.6) is 0 Å². The highest BCUT2D eigenvalue weighted by molar-refractivity contribution is 5.40. The summed E-state index contributed by atoms with van der Waals surface area (Å²) >= 11 is 0. The minimum absolute atomic E-state index is 0.150. The third kappa shape index (κ3) is 2.60. The Morgan fingerprint density at radius 2 is 2.19 bits per heavy atom. The van der Waals surface area contributed by atoms with E-state index in [-0.39, 0.29) is 5.41 Å². The fourth-order valence-electron chi connectivity index (χ4n) is 3.20. The Morgan fingerprint density at radius 1 is 1.38 bits per heavy atom. The zero-order valence-electron chi connectivity index (χ0n) is 13.0. The molecule has 0 amide bonds. The van der Waals surface area contributed by atoms with Crippen molar-refractivity contribution in [3.63, 3.8) is 0 Å². The molecule has 0 aliphatic heterocycles. The molecule has 0 spiro atoms. The van der Waals surface area contributed by atoms with Crippen LogP contribution in [0.2, 0.25) is 0 Å². The molecule has 2 aromatic rings. The van der Waals surface area contributed by atoms with Gasteiger partial charge in [-0.3, -0.25) is 0 Å². The Hall–Kier alpha value is -1.68. The maximum Gasteiger partial charge on any atom is 0.237 e. The van der Waals surface area contributed by atoms with Crippen molar-refractivity contribution in [1.29, 1.82) is 0 Å². The van der Waals surface area contributed by atoms with Crippen LogP contribution in [0.4, 0.5) is 0 Å². The van der Waals surface area contributed by atoms with Crippen LogP contribution in [0.1, 0.15) is 49.5 Å². The zero-order valence-corrected chi connectivity index (χ0v) is 13.0. The van der Waals surface area contributed by atoms with Crippen LogP contribution in [-0.4, -0.2) is 23.2 Å². The standard InChI is InChI=1S/C17H23N3O/c1-12(18-3)11-15-19-16(21-20-15)17(2)10-6-8-13-7-4-5-9-14(13)17/h4-5,7,9,12,18H,6,8,10-11H2,1-3H3. The quantitative estimate of drug-likeness (QED) is 0.938. The predicted octanol–water partition coefficient (Wildman–Crippen LogP) is 2.86. The molecule has 3 rings (SSSR count). The lowest BCUT2D eigenvalue weighted by Gasteiger charge is -2.32. The highest BCUT2D eigenvalue weighted by atomic mass is 16.5. The Kier molecular flexibility index (Phi) is 3.81. The number of likely N-dealkylation sites (N-methyl/N-ethyl adjacent to an activating group) is 1. The smallest absolute Gasteiger partial charge is 0.237 e. The summed E-state index contributed by atoms with van der Waals surface area (Å²) in [4.78, 5) is 4.67. The number of aryl methyl sites for hydroxylation is 1. The molecule has 4 heteroatoms. The summed E-state index contributed by atoms with van der Waals surface area (Å²) in [7, 11) is 1.95. The summed E-state index contributed by atoms with van der Waals surface area (Å²) in [6, 6.07) is 8.98. The summed E-state index contributed by atoms with van der Waals surface area (Å²) < 4.78 is 5.62. The number of aromatic nitrogens is 2. The first-order valence-corrected chi connectivity index (χ1v) is 7.72.